The molecular weight excluding hydrogens is 522 g/mol. The number of esters is 1. The number of nitro groups is 1. The van der Waals surface area contributed by atoms with Crippen LogP contribution in [0, 0.1) is 10.1 Å². The van der Waals surface area contributed by atoms with E-state index >= 15 is 0 Å². The minimum Gasteiger partial charge on any atom is -0.494 e. The first-order valence-electron chi connectivity index (χ1n) is 12.5. The maximum Gasteiger partial charge on any atom is 0.338 e. The first-order chi connectivity index (χ1) is 18.8. The van der Waals surface area contributed by atoms with Gasteiger partial charge in [0.2, 0.25) is 0 Å². The van der Waals surface area contributed by atoms with E-state index in [4.69, 9.17) is 14.2 Å². The molecule has 2 heterocycles. The molecule has 1 aliphatic rings. The number of hydrogen-bond donors (Lipinski definition) is 0. The van der Waals surface area contributed by atoms with E-state index in [0.717, 1.165) is 24.2 Å². The summed E-state index contributed by atoms with van der Waals surface area (Å²) in [7, 11) is 1.51. The quantitative estimate of drug-likeness (QED) is 0.155. The van der Waals surface area contributed by atoms with Crippen LogP contribution in [0.15, 0.2) is 69.6 Å². The van der Waals surface area contributed by atoms with E-state index in [1.54, 1.807) is 25.1 Å². The van der Waals surface area contributed by atoms with Gasteiger partial charge >= 0.3 is 5.97 Å². The third-order valence-corrected chi connectivity index (χ3v) is 7.09. The first kappa shape index (κ1) is 27.9. The normalized spacial score (nSPS) is 15.1. The molecule has 0 bridgehead atoms. The van der Waals surface area contributed by atoms with Gasteiger partial charge in [0, 0.05) is 19.2 Å². The smallest absolute Gasteiger partial charge is 0.338 e. The minimum atomic E-state index is -0.784. The van der Waals surface area contributed by atoms with Crippen molar-refractivity contribution in [1.82, 2.24) is 4.57 Å². The van der Waals surface area contributed by atoms with Gasteiger partial charge in [-0.05, 0) is 42.7 Å². The van der Waals surface area contributed by atoms with Crippen LogP contribution in [0.25, 0.3) is 6.08 Å². The van der Waals surface area contributed by atoms with Crippen LogP contribution in [0.2, 0.25) is 0 Å². The van der Waals surface area contributed by atoms with Crippen molar-refractivity contribution in [3.05, 3.63) is 101 Å². The zero-order valence-corrected chi connectivity index (χ0v) is 22.7. The van der Waals surface area contributed by atoms with E-state index in [1.165, 1.54) is 23.8 Å². The topological polar surface area (TPSA) is 122 Å². The molecule has 0 radical (unpaired) electrons. The third-order valence-electron chi connectivity index (χ3n) is 6.10. The summed E-state index contributed by atoms with van der Waals surface area (Å²) in [4.78, 5) is 42.6. The number of allylic oxidation sites excluding steroid dienone is 1. The molecule has 1 unspecified atom stereocenters. The van der Waals surface area contributed by atoms with Gasteiger partial charge in [0.25, 0.3) is 11.2 Å². The summed E-state index contributed by atoms with van der Waals surface area (Å²) >= 11 is 1.15. The molecule has 0 saturated heterocycles. The monoisotopic (exact) mass is 551 g/mol. The summed E-state index contributed by atoms with van der Waals surface area (Å²) in [6.07, 6.45) is 3.54. The molecule has 0 saturated carbocycles. The van der Waals surface area contributed by atoms with Crippen LogP contribution in [-0.4, -0.2) is 42.4 Å². The molecule has 1 atom stereocenters. The van der Waals surface area contributed by atoms with Crippen molar-refractivity contribution in [2.75, 3.05) is 26.9 Å². The van der Waals surface area contributed by atoms with Crippen LogP contribution in [0.3, 0.4) is 0 Å². The van der Waals surface area contributed by atoms with E-state index in [9.17, 15) is 19.7 Å². The Morgan fingerprint density at radius 1 is 1.18 bits per heavy atom. The van der Waals surface area contributed by atoms with Gasteiger partial charge in [0.15, 0.2) is 4.80 Å². The van der Waals surface area contributed by atoms with Gasteiger partial charge in [-0.1, -0.05) is 48.9 Å². The average molecular weight is 552 g/mol. The Bertz CT molecular complexity index is 1570. The molecule has 0 amide bonds. The fourth-order valence-electron chi connectivity index (χ4n) is 4.15. The van der Waals surface area contributed by atoms with Crippen LogP contribution >= 0.6 is 11.3 Å². The maximum atomic E-state index is 13.7. The Kier molecular flexibility index (Phi) is 9.05. The number of rotatable bonds is 11. The van der Waals surface area contributed by atoms with Gasteiger partial charge in [0.1, 0.15) is 12.4 Å². The lowest BCUT2D eigenvalue weighted by molar-refractivity contribution is -0.384. The number of ether oxygens (including phenoxy) is 3. The molecule has 4 rings (SSSR count). The van der Waals surface area contributed by atoms with E-state index in [1.807, 2.05) is 24.3 Å². The molecule has 10 nitrogen and oxygen atoms in total. The summed E-state index contributed by atoms with van der Waals surface area (Å²) in [5.74, 6) is 0.102. The summed E-state index contributed by atoms with van der Waals surface area (Å²) in [5, 5.41) is 11.2. The summed E-state index contributed by atoms with van der Waals surface area (Å²) in [5.41, 5.74) is 1.44. The zero-order chi connectivity index (χ0) is 27.9. The van der Waals surface area contributed by atoms with Crippen molar-refractivity contribution in [2.45, 2.75) is 32.7 Å². The van der Waals surface area contributed by atoms with Gasteiger partial charge in [-0.15, -0.1) is 0 Å². The lowest BCUT2D eigenvalue weighted by Crippen LogP contribution is -2.40. The van der Waals surface area contributed by atoms with E-state index in [0.29, 0.717) is 38.5 Å². The molecule has 1 aromatic heterocycles. The SMILES string of the molecule is CCCCOc1ccc(C2C(C(=O)OCCOC)=C(C)N=c3s/c(=C\c4cccc([N+](=O)[O-])c4)c(=O)n32)cc1. The van der Waals surface area contributed by atoms with Crippen LogP contribution in [0.1, 0.15) is 43.9 Å². The highest BCUT2D eigenvalue weighted by atomic mass is 32.1. The van der Waals surface area contributed by atoms with Crippen molar-refractivity contribution in [3.8, 4) is 5.75 Å². The molecular formula is C28H29N3O7S. The fraction of sp³-hybridized carbons (Fsp3) is 0.321. The molecule has 11 heteroatoms. The number of nitro benzene ring substituents is 1. The molecule has 0 aliphatic carbocycles. The molecule has 1 aliphatic heterocycles. The maximum absolute atomic E-state index is 13.7. The zero-order valence-electron chi connectivity index (χ0n) is 21.9. The molecule has 204 valence electrons. The number of aromatic nitrogens is 1. The standard InChI is InChI=1S/C28H29N3O7S/c1-4-5-13-37-22-11-9-20(10-12-22)25-24(27(33)38-15-14-36-3)18(2)29-28-30(25)26(32)23(39-28)17-19-7-6-8-21(16-19)31(34)35/h6-12,16-17,25H,4-5,13-15H2,1-3H3/b23-17-. The average Bonchev–Trinajstić information content (AvgIpc) is 3.22. The van der Waals surface area contributed by atoms with Gasteiger partial charge < -0.3 is 14.2 Å². The number of fused-ring (bicyclic) bond motifs is 1. The Balaban J connectivity index is 1.81. The van der Waals surface area contributed by atoms with Crippen LogP contribution in [-0.2, 0) is 14.3 Å². The van der Waals surface area contributed by atoms with Gasteiger partial charge in [0.05, 0.1) is 40.0 Å². The molecule has 0 N–H and O–H groups in total. The highest BCUT2D eigenvalue weighted by Gasteiger charge is 2.33. The number of hydrogen-bond acceptors (Lipinski definition) is 9. The molecule has 0 spiro atoms. The Labute approximate surface area is 228 Å². The number of nitrogens with zero attached hydrogens (tertiary/aromatic N) is 3. The Morgan fingerprint density at radius 3 is 2.64 bits per heavy atom. The second-order valence-corrected chi connectivity index (χ2v) is 9.84. The molecule has 0 fully saturated rings. The van der Waals surface area contributed by atoms with Crippen LogP contribution in [0.4, 0.5) is 5.69 Å². The van der Waals surface area contributed by atoms with E-state index < -0.39 is 16.9 Å². The predicted molar refractivity (Wildman–Crippen MR) is 147 cm³/mol. The summed E-state index contributed by atoms with van der Waals surface area (Å²) < 4.78 is 18.0. The number of thiazole rings is 1. The van der Waals surface area contributed by atoms with Crippen LogP contribution < -0.4 is 19.6 Å². The highest BCUT2D eigenvalue weighted by Crippen LogP contribution is 2.31. The molecule has 2 aromatic carbocycles. The fourth-order valence-corrected chi connectivity index (χ4v) is 5.20. The minimum absolute atomic E-state index is 0.0558. The van der Waals surface area contributed by atoms with Crippen molar-refractivity contribution < 1.29 is 23.9 Å². The van der Waals surface area contributed by atoms with Gasteiger partial charge in [-0.2, -0.15) is 0 Å². The van der Waals surface area contributed by atoms with E-state index in [2.05, 4.69) is 11.9 Å². The number of non-ortho nitro benzene ring substituents is 1. The second-order valence-electron chi connectivity index (χ2n) is 8.83. The Hall–Kier alpha value is -4.09. The van der Waals surface area contributed by atoms with Crippen LogP contribution in [0.5, 0.6) is 5.75 Å². The highest BCUT2D eigenvalue weighted by molar-refractivity contribution is 7.07. The van der Waals surface area contributed by atoms with Crippen molar-refractivity contribution in [3.63, 3.8) is 0 Å². The van der Waals surface area contributed by atoms with Gasteiger partial charge in [-0.25, -0.2) is 9.79 Å². The molecule has 39 heavy (non-hydrogen) atoms. The first-order valence-corrected chi connectivity index (χ1v) is 13.3. The summed E-state index contributed by atoms with van der Waals surface area (Å²) in [6, 6.07) is 12.5. The third kappa shape index (κ3) is 6.32. The number of carbonyl (C=O) groups excluding carboxylic acids is 1. The second kappa shape index (κ2) is 12.6. The lowest BCUT2D eigenvalue weighted by atomic mass is 9.96. The Morgan fingerprint density at radius 2 is 1.95 bits per heavy atom. The number of unbranched alkanes of at least 4 members (excludes halogenated alkanes) is 1. The summed E-state index contributed by atoms with van der Waals surface area (Å²) in [6.45, 7) is 4.68. The number of benzene rings is 2. The molecule has 3 aromatic rings. The van der Waals surface area contributed by atoms with E-state index in [-0.39, 0.29) is 30.0 Å². The largest absolute Gasteiger partial charge is 0.494 e. The number of methoxy groups -OCH3 is 1. The predicted octanol–water partition coefficient (Wildman–Crippen LogP) is 3.51. The van der Waals surface area contributed by atoms with Gasteiger partial charge in [-0.3, -0.25) is 19.5 Å². The van der Waals surface area contributed by atoms with Crippen molar-refractivity contribution in [2.24, 2.45) is 4.99 Å². The van der Waals surface area contributed by atoms with Crippen molar-refractivity contribution >= 4 is 29.1 Å². The lowest BCUT2D eigenvalue weighted by Gasteiger charge is -2.25. The number of carbonyl (C=O) groups is 1. The van der Waals surface area contributed by atoms with Crippen molar-refractivity contribution in [1.29, 1.82) is 0 Å².